The van der Waals surface area contributed by atoms with Crippen LogP contribution in [0.15, 0.2) is 47.6 Å². The molecule has 0 amide bonds. The summed E-state index contributed by atoms with van der Waals surface area (Å²) >= 11 is 16.7. The molecule has 0 saturated heterocycles. The number of nitrogens with zero attached hydrogens (tertiary/aromatic N) is 1. The fourth-order valence-electron chi connectivity index (χ4n) is 1.70. The van der Waals surface area contributed by atoms with Crippen LogP contribution in [-0.2, 0) is 0 Å². The highest BCUT2D eigenvalue weighted by Crippen LogP contribution is 2.29. The molecule has 20 heavy (non-hydrogen) atoms. The molecule has 102 valence electrons. The molecule has 0 aliphatic rings. The van der Waals surface area contributed by atoms with E-state index in [9.17, 15) is 0 Å². The summed E-state index contributed by atoms with van der Waals surface area (Å²) in [4.78, 5) is 0. The van der Waals surface area contributed by atoms with Gasteiger partial charge < -0.3 is 5.73 Å². The van der Waals surface area contributed by atoms with Crippen molar-refractivity contribution < 1.29 is 0 Å². The lowest BCUT2D eigenvalue weighted by Crippen LogP contribution is -2.24. The van der Waals surface area contributed by atoms with Crippen LogP contribution in [0, 0.1) is 0 Å². The van der Waals surface area contributed by atoms with E-state index in [0.717, 1.165) is 16.7 Å². The quantitative estimate of drug-likeness (QED) is 0.512. The van der Waals surface area contributed by atoms with Crippen LogP contribution in [0.3, 0.4) is 0 Å². The van der Waals surface area contributed by atoms with E-state index in [4.69, 9.17) is 28.9 Å². The summed E-state index contributed by atoms with van der Waals surface area (Å²) in [5, 5.41) is 5.12. The van der Waals surface area contributed by atoms with Crippen molar-refractivity contribution in [1.29, 1.82) is 0 Å². The van der Waals surface area contributed by atoms with Crippen LogP contribution < -0.4 is 11.2 Å². The van der Waals surface area contributed by atoms with E-state index in [2.05, 4.69) is 22.7 Å². The highest BCUT2D eigenvalue weighted by atomic mass is 35.5. The number of thiocarbonyl (C=S) groups is 1. The van der Waals surface area contributed by atoms with Gasteiger partial charge in [0.05, 0.1) is 16.3 Å². The number of halogens is 2. The Labute approximate surface area is 132 Å². The lowest BCUT2D eigenvalue weighted by atomic mass is 10.0. The Bertz CT molecular complexity index is 671. The first-order valence-corrected chi connectivity index (χ1v) is 6.87. The van der Waals surface area contributed by atoms with Gasteiger partial charge in [-0.3, -0.25) is 5.43 Å². The fraction of sp³-hybridized carbons (Fsp3) is 0. The molecular weight excluding hydrogens is 313 g/mol. The SMILES string of the molecule is NC(=S)NN=Cc1ccccc1-c1ccc(Cl)c(Cl)c1. The summed E-state index contributed by atoms with van der Waals surface area (Å²) in [5.41, 5.74) is 10.7. The summed E-state index contributed by atoms with van der Waals surface area (Å²) in [5.74, 6) is 0. The summed E-state index contributed by atoms with van der Waals surface area (Å²) in [7, 11) is 0. The highest BCUT2D eigenvalue weighted by Gasteiger charge is 2.05. The second kappa shape index (κ2) is 6.70. The average molecular weight is 324 g/mol. The molecule has 0 aromatic heterocycles. The van der Waals surface area contributed by atoms with Crippen LogP contribution in [0.1, 0.15) is 5.56 Å². The predicted octanol–water partition coefficient (Wildman–Crippen LogP) is 3.83. The maximum atomic E-state index is 6.05. The lowest BCUT2D eigenvalue weighted by molar-refractivity contribution is 1.04. The molecule has 0 aliphatic heterocycles. The Morgan fingerprint density at radius 2 is 1.90 bits per heavy atom. The molecule has 2 rings (SSSR count). The van der Waals surface area contributed by atoms with Crippen molar-refractivity contribution in [2.24, 2.45) is 10.8 Å². The van der Waals surface area contributed by atoms with Crippen molar-refractivity contribution in [2.45, 2.75) is 0 Å². The van der Waals surface area contributed by atoms with Gasteiger partial charge in [0.2, 0.25) is 0 Å². The van der Waals surface area contributed by atoms with Gasteiger partial charge in [0.15, 0.2) is 5.11 Å². The maximum absolute atomic E-state index is 6.05. The molecule has 2 aromatic carbocycles. The Morgan fingerprint density at radius 1 is 1.15 bits per heavy atom. The molecule has 0 heterocycles. The Kier molecular flexibility index (Phi) is 4.95. The standard InChI is InChI=1S/C14H11Cl2N3S/c15-12-6-5-9(7-13(12)16)11-4-2-1-3-10(11)8-18-19-14(17)20/h1-8H,(H3,17,19,20). The number of rotatable bonds is 3. The van der Waals surface area contributed by atoms with Gasteiger partial charge >= 0.3 is 0 Å². The first-order valence-electron chi connectivity index (χ1n) is 5.71. The third-order valence-corrected chi connectivity index (χ3v) is 3.40. The topological polar surface area (TPSA) is 50.4 Å². The van der Waals surface area contributed by atoms with Crippen LogP contribution in [-0.4, -0.2) is 11.3 Å². The summed E-state index contributed by atoms with van der Waals surface area (Å²) < 4.78 is 0. The van der Waals surface area contributed by atoms with Gasteiger partial charge in [-0.1, -0.05) is 53.5 Å². The highest BCUT2D eigenvalue weighted by molar-refractivity contribution is 7.80. The molecule has 3 nitrogen and oxygen atoms in total. The average Bonchev–Trinajstić information content (AvgIpc) is 2.42. The van der Waals surface area contributed by atoms with Gasteiger partial charge in [-0.2, -0.15) is 5.10 Å². The molecule has 0 unspecified atom stereocenters. The van der Waals surface area contributed by atoms with Gasteiger partial charge in [-0.15, -0.1) is 0 Å². The number of hydrazone groups is 1. The molecule has 0 spiro atoms. The van der Waals surface area contributed by atoms with Crippen molar-refractivity contribution in [3.05, 3.63) is 58.1 Å². The van der Waals surface area contributed by atoms with Crippen LogP contribution >= 0.6 is 35.4 Å². The van der Waals surface area contributed by atoms with E-state index >= 15 is 0 Å². The molecule has 2 aromatic rings. The first-order chi connectivity index (χ1) is 9.58. The van der Waals surface area contributed by atoms with E-state index < -0.39 is 0 Å². The molecule has 0 saturated carbocycles. The van der Waals surface area contributed by atoms with E-state index in [1.165, 1.54) is 0 Å². The van der Waals surface area contributed by atoms with E-state index in [1.807, 2.05) is 36.4 Å². The molecule has 0 radical (unpaired) electrons. The number of hydrogen-bond donors (Lipinski definition) is 2. The second-order valence-corrected chi connectivity index (χ2v) is 5.20. The van der Waals surface area contributed by atoms with Gasteiger partial charge in [0.25, 0.3) is 0 Å². The number of nitrogens with two attached hydrogens (primary N) is 1. The Morgan fingerprint density at radius 3 is 2.60 bits per heavy atom. The zero-order valence-corrected chi connectivity index (χ0v) is 12.6. The number of benzene rings is 2. The van der Waals surface area contributed by atoms with Crippen molar-refractivity contribution in [2.75, 3.05) is 0 Å². The first kappa shape index (κ1) is 14.8. The summed E-state index contributed by atoms with van der Waals surface area (Å²) in [6, 6.07) is 13.3. The summed E-state index contributed by atoms with van der Waals surface area (Å²) in [6.07, 6.45) is 1.65. The van der Waals surface area contributed by atoms with Crippen LogP contribution in [0.5, 0.6) is 0 Å². The van der Waals surface area contributed by atoms with Gasteiger partial charge in [-0.25, -0.2) is 0 Å². The molecule has 3 N–H and O–H groups in total. The van der Waals surface area contributed by atoms with Gasteiger partial charge in [-0.05, 0) is 35.5 Å². The van der Waals surface area contributed by atoms with E-state index in [0.29, 0.717) is 10.0 Å². The minimum atomic E-state index is 0.119. The maximum Gasteiger partial charge on any atom is 0.184 e. The molecule has 0 atom stereocenters. The summed E-state index contributed by atoms with van der Waals surface area (Å²) in [6.45, 7) is 0. The Hall–Kier alpha value is -1.62. The number of hydrogen-bond acceptors (Lipinski definition) is 2. The lowest BCUT2D eigenvalue weighted by Gasteiger charge is -2.07. The molecule has 0 aliphatic carbocycles. The monoisotopic (exact) mass is 323 g/mol. The minimum absolute atomic E-state index is 0.119. The van der Waals surface area contributed by atoms with Crippen LogP contribution in [0.2, 0.25) is 10.0 Å². The molecular formula is C14H11Cl2N3S. The smallest absolute Gasteiger partial charge is 0.184 e. The predicted molar refractivity (Wildman–Crippen MR) is 89.4 cm³/mol. The Balaban J connectivity index is 2.38. The van der Waals surface area contributed by atoms with Crippen LogP contribution in [0.4, 0.5) is 0 Å². The molecule has 6 heteroatoms. The van der Waals surface area contributed by atoms with Crippen molar-refractivity contribution in [3.8, 4) is 11.1 Å². The second-order valence-electron chi connectivity index (χ2n) is 3.95. The molecule has 0 bridgehead atoms. The van der Waals surface area contributed by atoms with Crippen LogP contribution in [0.25, 0.3) is 11.1 Å². The van der Waals surface area contributed by atoms with E-state index in [1.54, 1.807) is 12.3 Å². The minimum Gasteiger partial charge on any atom is -0.375 e. The van der Waals surface area contributed by atoms with Gasteiger partial charge in [0, 0.05) is 5.56 Å². The van der Waals surface area contributed by atoms with Crippen molar-refractivity contribution in [3.63, 3.8) is 0 Å². The third kappa shape index (κ3) is 3.70. The van der Waals surface area contributed by atoms with E-state index in [-0.39, 0.29) is 5.11 Å². The van der Waals surface area contributed by atoms with Gasteiger partial charge in [0.1, 0.15) is 0 Å². The fourth-order valence-corrected chi connectivity index (χ4v) is 2.05. The zero-order chi connectivity index (χ0) is 14.5. The largest absolute Gasteiger partial charge is 0.375 e. The zero-order valence-electron chi connectivity index (χ0n) is 10.3. The third-order valence-electron chi connectivity index (χ3n) is 2.57. The van der Waals surface area contributed by atoms with Crippen molar-refractivity contribution in [1.82, 2.24) is 5.43 Å². The number of nitrogens with one attached hydrogen (secondary N) is 1. The normalized spacial score (nSPS) is 10.7. The van der Waals surface area contributed by atoms with Crippen molar-refractivity contribution >= 4 is 46.7 Å². The molecule has 0 fully saturated rings.